The van der Waals surface area contributed by atoms with Gasteiger partial charge >= 0.3 is 15.1 Å². The summed E-state index contributed by atoms with van der Waals surface area (Å²) < 4.78 is 25.7. The van der Waals surface area contributed by atoms with Gasteiger partial charge in [0.15, 0.2) is 5.69 Å². The predicted octanol–water partition coefficient (Wildman–Crippen LogP) is 0.454. The highest BCUT2D eigenvalue weighted by Gasteiger charge is 2.25. The van der Waals surface area contributed by atoms with E-state index in [1.165, 1.54) is 24.4 Å². The Kier molecular flexibility index (Phi) is 3.28. The van der Waals surface area contributed by atoms with Crippen molar-refractivity contribution in [1.29, 1.82) is 0 Å². The number of hydrogen-bond donors (Lipinski definition) is 1. The molecule has 0 amide bonds. The molecule has 0 aliphatic rings. The molecule has 18 heavy (non-hydrogen) atoms. The summed E-state index contributed by atoms with van der Waals surface area (Å²) in [7, 11) is -4.19. The van der Waals surface area contributed by atoms with Gasteiger partial charge < -0.3 is 0 Å². The van der Waals surface area contributed by atoms with Crippen LogP contribution in [0.2, 0.25) is 0 Å². The van der Waals surface area contributed by atoms with Gasteiger partial charge in [-0.1, -0.05) is 18.2 Å². The quantitative estimate of drug-likeness (QED) is 0.863. The fraction of sp³-hybridized carbons (Fsp3) is 0. The normalized spacial score (nSPS) is 10.9. The number of nitrogens with zero attached hydrogens (tertiary/aromatic N) is 3. The van der Waals surface area contributed by atoms with Crippen molar-refractivity contribution < 1.29 is 13.2 Å². The van der Waals surface area contributed by atoms with Crippen LogP contribution in [0.25, 0.3) is 0 Å². The molecule has 0 radical (unpaired) electrons. The molecule has 0 fully saturated rings. The van der Waals surface area contributed by atoms with E-state index in [0.29, 0.717) is 5.69 Å². The van der Waals surface area contributed by atoms with E-state index in [1.54, 1.807) is 18.2 Å². The first kappa shape index (κ1) is 12.1. The maximum absolute atomic E-state index is 11.8. The van der Waals surface area contributed by atoms with E-state index in [9.17, 15) is 13.2 Å². The van der Waals surface area contributed by atoms with E-state index in [-0.39, 0.29) is 5.69 Å². The van der Waals surface area contributed by atoms with Gasteiger partial charge in [-0.15, -0.1) is 10.2 Å². The Balaban J connectivity index is 2.25. The third kappa shape index (κ3) is 2.66. The number of carbonyl (C=O) groups is 1. The molecule has 0 saturated heterocycles. The molecule has 0 aliphatic carbocycles. The van der Waals surface area contributed by atoms with E-state index < -0.39 is 15.1 Å². The molecule has 8 heteroatoms. The lowest BCUT2D eigenvalue weighted by Crippen LogP contribution is -2.24. The van der Waals surface area contributed by atoms with E-state index in [0.717, 1.165) is 0 Å². The summed E-state index contributed by atoms with van der Waals surface area (Å²) in [6.07, 6.45) is 1.19. The van der Waals surface area contributed by atoms with Crippen molar-refractivity contribution in [1.82, 2.24) is 15.4 Å². The van der Waals surface area contributed by atoms with Crippen LogP contribution < -0.4 is 4.72 Å². The number of anilines is 1. The Morgan fingerprint density at radius 1 is 1.11 bits per heavy atom. The zero-order valence-corrected chi connectivity index (χ0v) is 9.83. The number of hydrogen-bond acceptors (Lipinski definition) is 6. The fourth-order valence-electron chi connectivity index (χ4n) is 1.20. The molecule has 7 nitrogen and oxygen atoms in total. The minimum atomic E-state index is -4.19. The van der Waals surface area contributed by atoms with Crippen molar-refractivity contribution in [2.75, 3.05) is 4.72 Å². The largest absolute Gasteiger partial charge is 0.317 e. The molecular formula is C10H8N4O3S. The standard InChI is InChI=1S/C10H8N4O3S/c15-10(9-6-7-11-14-12-9)18(16,17)13-8-4-2-1-3-5-8/h1-7,13H. The van der Waals surface area contributed by atoms with Crippen LogP contribution in [0, 0.1) is 0 Å². The second kappa shape index (κ2) is 4.88. The smallest absolute Gasteiger partial charge is 0.277 e. The Labute approximate surface area is 103 Å². The molecule has 92 valence electrons. The minimum Gasteiger partial charge on any atom is -0.277 e. The van der Waals surface area contributed by atoms with Crippen LogP contribution in [0.3, 0.4) is 0 Å². The van der Waals surface area contributed by atoms with Gasteiger partial charge in [0.2, 0.25) is 0 Å². The highest BCUT2D eigenvalue weighted by atomic mass is 32.2. The zero-order valence-electron chi connectivity index (χ0n) is 9.02. The average Bonchev–Trinajstić information content (AvgIpc) is 2.39. The molecule has 1 aromatic heterocycles. The molecule has 1 N–H and O–H groups in total. The van der Waals surface area contributed by atoms with Crippen LogP contribution in [0.15, 0.2) is 42.6 Å². The van der Waals surface area contributed by atoms with Crippen molar-refractivity contribution in [2.45, 2.75) is 0 Å². The molecule has 0 saturated carbocycles. The SMILES string of the molecule is O=C(c1ccnnn1)S(=O)(=O)Nc1ccccc1. The lowest BCUT2D eigenvalue weighted by Gasteiger charge is -2.05. The Hall–Kier alpha value is -2.35. The van der Waals surface area contributed by atoms with Crippen LogP contribution in [-0.4, -0.2) is 28.9 Å². The summed E-state index contributed by atoms with van der Waals surface area (Å²) in [6, 6.07) is 9.27. The summed E-state index contributed by atoms with van der Waals surface area (Å²) in [5.74, 6) is 0. The molecule has 1 aromatic carbocycles. The summed E-state index contributed by atoms with van der Waals surface area (Å²) in [4.78, 5) is 11.7. The van der Waals surface area contributed by atoms with Crippen LogP contribution in [-0.2, 0) is 10.0 Å². The van der Waals surface area contributed by atoms with Gasteiger partial charge in [-0.2, -0.15) is 8.42 Å². The molecule has 0 bridgehead atoms. The van der Waals surface area contributed by atoms with Gasteiger partial charge in [0, 0.05) is 5.69 Å². The summed E-state index contributed by atoms with van der Waals surface area (Å²) in [6.45, 7) is 0. The zero-order chi connectivity index (χ0) is 13.0. The predicted molar refractivity (Wildman–Crippen MR) is 63.1 cm³/mol. The van der Waals surface area contributed by atoms with Gasteiger partial charge in [0.1, 0.15) is 0 Å². The van der Waals surface area contributed by atoms with Gasteiger partial charge in [-0.3, -0.25) is 9.52 Å². The number of rotatable bonds is 3. The van der Waals surface area contributed by atoms with E-state index in [2.05, 4.69) is 20.1 Å². The first-order valence-electron chi connectivity index (χ1n) is 4.86. The maximum atomic E-state index is 11.8. The number of nitrogens with one attached hydrogen (secondary N) is 1. The van der Waals surface area contributed by atoms with E-state index in [4.69, 9.17) is 0 Å². The van der Waals surface area contributed by atoms with Gasteiger partial charge in [-0.05, 0) is 23.4 Å². The lowest BCUT2D eigenvalue weighted by molar-refractivity contribution is 0.107. The third-order valence-electron chi connectivity index (χ3n) is 1.98. The maximum Gasteiger partial charge on any atom is 0.317 e. The summed E-state index contributed by atoms with van der Waals surface area (Å²) >= 11 is 0. The van der Waals surface area contributed by atoms with Crippen molar-refractivity contribution in [3.63, 3.8) is 0 Å². The van der Waals surface area contributed by atoms with Crippen LogP contribution in [0.1, 0.15) is 10.5 Å². The van der Waals surface area contributed by atoms with Gasteiger partial charge in [0.25, 0.3) is 0 Å². The van der Waals surface area contributed by atoms with Gasteiger partial charge in [-0.25, -0.2) is 0 Å². The van der Waals surface area contributed by atoms with Crippen molar-refractivity contribution in [3.05, 3.63) is 48.3 Å². The van der Waals surface area contributed by atoms with E-state index in [1.807, 2.05) is 0 Å². The highest BCUT2D eigenvalue weighted by molar-refractivity contribution is 8.07. The van der Waals surface area contributed by atoms with Gasteiger partial charge in [0.05, 0.1) is 6.20 Å². The number of sulfonamides is 1. The second-order valence-corrected chi connectivity index (χ2v) is 4.85. The summed E-state index contributed by atoms with van der Waals surface area (Å²) in [5.41, 5.74) is 0.0151. The third-order valence-corrected chi connectivity index (χ3v) is 3.18. The first-order chi connectivity index (χ1) is 8.59. The molecular weight excluding hydrogens is 256 g/mol. The van der Waals surface area contributed by atoms with Crippen LogP contribution >= 0.6 is 0 Å². The van der Waals surface area contributed by atoms with Crippen molar-refractivity contribution in [2.24, 2.45) is 0 Å². The Morgan fingerprint density at radius 3 is 2.44 bits per heavy atom. The molecule has 2 rings (SSSR count). The van der Waals surface area contributed by atoms with Crippen LogP contribution in [0.5, 0.6) is 0 Å². The lowest BCUT2D eigenvalue weighted by atomic mass is 10.3. The minimum absolute atomic E-state index is 0.284. The molecule has 1 heterocycles. The average molecular weight is 264 g/mol. The molecule has 2 aromatic rings. The number of para-hydroxylation sites is 1. The Bertz CT molecular complexity index is 643. The van der Waals surface area contributed by atoms with E-state index >= 15 is 0 Å². The molecule has 0 spiro atoms. The number of benzene rings is 1. The highest BCUT2D eigenvalue weighted by Crippen LogP contribution is 2.10. The van der Waals surface area contributed by atoms with Crippen LogP contribution in [0.4, 0.5) is 5.69 Å². The molecule has 0 aliphatic heterocycles. The number of carbonyl (C=O) groups excluding carboxylic acids is 1. The first-order valence-corrected chi connectivity index (χ1v) is 6.34. The monoisotopic (exact) mass is 264 g/mol. The summed E-state index contributed by atoms with van der Waals surface area (Å²) in [5, 5.41) is 8.78. The second-order valence-electron chi connectivity index (χ2n) is 3.26. The Morgan fingerprint density at radius 2 is 1.83 bits per heavy atom. The van der Waals surface area contributed by atoms with Crippen molar-refractivity contribution in [3.8, 4) is 0 Å². The number of aromatic nitrogens is 3. The topological polar surface area (TPSA) is 102 Å². The fourth-order valence-corrected chi connectivity index (χ4v) is 2.12. The molecule has 0 unspecified atom stereocenters. The van der Waals surface area contributed by atoms with Crippen molar-refractivity contribution >= 4 is 20.8 Å². The molecule has 0 atom stereocenters.